The second-order valence-electron chi connectivity index (χ2n) is 6.03. The Morgan fingerprint density at radius 1 is 1.12 bits per heavy atom. The van der Waals surface area contributed by atoms with Gasteiger partial charge in [0.2, 0.25) is 6.33 Å². The maximum atomic E-state index is 12.7. The average Bonchev–Trinajstić information content (AvgIpc) is 2.99. The minimum atomic E-state index is -0.0208. The number of amides is 1. The summed E-state index contributed by atoms with van der Waals surface area (Å²) in [5.74, 6) is -0.0208. The lowest BCUT2D eigenvalue weighted by Crippen LogP contribution is -2.39. The van der Waals surface area contributed by atoms with Gasteiger partial charge in [-0.25, -0.2) is 9.13 Å². The van der Waals surface area contributed by atoms with Crippen LogP contribution in [-0.2, 0) is 24.2 Å². The summed E-state index contributed by atoms with van der Waals surface area (Å²) in [5.41, 5.74) is 5.36. The van der Waals surface area contributed by atoms with Crippen molar-refractivity contribution in [2.45, 2.75) is 33.2 Å². The summed E-state index contributed by atoms with van der Waals surface area (Å²) in [7, 11) is 0. The fourth-order valence-corrected chi connectivity index (χ4v) is 3.21. The van der Waals surface area contributed by atoms with Crippen LogP contribution in [0.3, 0.4) is 0 Å². The Kier molecular flexibility index (Phi) is 4.98. The molecule has 25 heavy (non-hydrogen) atoms. The van der Waals surface area contributed by atoms with Gasteiger partial charge in [-0.3, -0.25) is 4.79 Å². The van der Waals surface area contributed by atoms with Gasteiger partial charge in [0.15, 0.2) is 17.6 Å². The molecule has 1 aromatic heterocycles. The van der Waals surface area contributed by atoms with Gasteiger partial charge in [0.1, 0.15) is 0 Å². The van der Waals surface area contributed by atoms with E-state index in [2.05, 4.69) is 43.9 Å². The van der Waals surface area contributed by atoms with Crippen molar-refractivity contribution in [2.75, 3.05) is 5.32 Å². The van der Waals surface area contributed by atoms with Crippen molar-refractivity contribution >= 4 is 28.8 Å². The highest BCUT2D eigenvalue weighted by Crippen LogP contribution is 2.22. The van der Waals surface area contributed by atoms with Crippen LogP contribution in [0.25, 0.3) is 17.2 Å². The van der Waals surface area contributed by atoms with Crippen LogP contribution in [0.2, 0.25) is 0 Å². The van der Waals surface area contributed by atoms with Gasteiger partial charge in [-0.1, -0.05) is 50.8 Å². The fourth-order valence-electron chi connectivity index (χ4n) is 3.21. The summed E-state index contributed by atoms with van der Waals surface area (Å²) in [6, 6.07) is 14.2. The Morgan fingerprint density at radius 3 is 2.44 bits per heavy atom. The van der Waals surface area contributed by atoms with E-state index in [4.69, 9.17) is 0 Å². The van der Waals surface area contributed by atoms with Gasteiger partial charge in [-0.05, 0) is 36.1 Å². The monoisotopic (exact) mass is 334 g/mol. The summed E-state index contributed by atoms with van der Waals surface area (Å²) in [6.07, 6.45) is 5.45. The lowest BCUT2D eigenvalue weighted by atomic mass is 10.0. The number of carbonyl (C=O) groups is 1. The quantitative estimate of drug-likeness (QED) is 0.684. The van der Waals surface area contributed by atoms with Gasteiger partial charge < -0.3 is 5.32 Å². The second-order valence-corrected chi connectivity index (χ2v) is 6.03. The molecule has 1 heterocycles. The molecule has 0 aliphatic carbocycles. The zero-order valence-corrected chi connectivity index (χ0v) is 14.8. The third kappa shape index (κ3) is 3.33. The highest BCUT2D eigenvalue weighted by molar-refractivity contribution is 5.91. The molecular weight excluding hydrogens is 310 g/mol. The van der Waals surface area contributed by atoms with Crippen molar-refractivity contribution in [3.8, 4) is 0 Å². The number of para-hydroxylation sites is 3. The molecule has 0 spiro atoms. The summed E-state index contributed by atoms with van der Waals surface area (Å²) < 4.78 is 3.88. The van der Waals surface area contributed by atoms with Crippen LogP contribution in [0.1, 0.15) is 25.0 Å². The van der Waals surface area contributed by atoms with Gasteiger partial charge in [0, 0.05) is 5.69 Å². The van der Waals surface area contributed by atoms with Crippen LogP contribution < -0.4 is 9.88 Å². The predicted molar refractivity (Wildman–Crippen MR) is 102 cm³/mol. The van der Waals surface area contributed by atoms with Crippen LogP contribution in [0.4, 0.5) is 5.69 Å². The molecule has 3 rings (SSSR count). The first-order valence-electron chi connectivity index (χ1n) is 8.70. The van der Waals surface area contributed by atoms with Crippen LogP contribution in [0.15, 0.2) is 55.4 Å². The number of anilines is 1. The first-order valence-corrected chi connectivity index (χ1v) is 8.70. The number of hydrogen-bond acceptors (Lipinski definition) is 1. The maximum Gasteiger partial charge on any atom is 0.266 e. The molecule has 4 nitrogen and oxygen atoms in total. The van der Waals surface area contributed by atoms with E-state index in [1.54, 1.807) is 6.20 Å². The first kappa shape index (κ1) is 17.0. The highest BCUT2D eigenvalue weighted by Gasteiger charge is 2.17. The third-order valence-electron chi connectivity index (χ3n) is 4.51. The van der Waals surface area contributed by atoms with E-state index in [-0.39, 0.29) is 12.5 Å². The van der Waals surface area contributed by atoms with Crippen molar-refractivity contribution in [3.05, 3.63) is 66.5 Å². The predicted octanol–water partition coefficient (Wildman–Crippen LogP) is 3.79. The molecule has 3 aromatic rings. The highest BCUT2D eigenvalue weighted by atomic mass is 16.1. The van der Waals surface area contributed by atoms with Gasteiger partial charge in [0.05, 0.1) is 6.20 Å². The topological polar surface area (TPSA) is 37.9 Å². The largest absolute Gasteiger partial charge is 0.322 e. The minimum Gasteiger partial charge on any atom is -0.322 e. The van der Waals surface area contributed by atoms with E-state index < -0.39 is 0 Å². The number of fused-ring (bicyclic) bond motifs is 1. The van der Waals surface area contributed by atoms with Gasteiger partial charge in [-0.15, -0.1) is 0 Å². The van der Waals surface area contributed by atoms with Crippen molar-refractivity contribution in [3.63, 3.8) is 0 Å². The van der Waals surface area contributed by atoms with Crippen LogP contribution >= 0.6 is 0 Å². The molecule has 128 valence electrons. The molecule has 0 atom stereocenters. The van der Waals surface area contributed by atoms with Crippen LogP contribution in [0, 0.1) is 0 Å². The van der Waals surface area contributed by atoms with Crippen LogP contribution in [0.5, 0.6) is 0 Å². The Hall–Kier alpha value is -2.88. The Bertz CT molecular complexity index is 902. The number of carbonyl (C=O) groups excluding carboxylic acids is 1. The molecule has 1 amide bonds. The standard InChI is InChI=1S/C21H23N3O/c1-4-16-10-9-11-17(5-2)21(16)22-20(25)14-24-15-23(6-3)18-12-7-8-13-19(18)24/h6-13,15H,3-5,14H2,1-2H3/p+1. The molecule has 4 heteroatoms. The van der Waals surface area contributed by atoms with E-state index in [1.165, 1.54) is 11.1 Å². The van der Waals surface area contributed by atoms with Crippen molar-refractivity contribution < 1.29 is 9.36 Å². The number of aromatic nitrogens is 2. The molecule has 0 fully saturated rings. The number of benzene rings is 2. The number of nitrogens with one attached hydrogen (secondary N) is 1. The lowest BCUT2D eigenvalue weighted by molar-refractivity contribution is -0.658. The van der Waals surface area contributed by atoms with Crippen LogP contribution in [-0.4, -0.2) is 10.5 Å². The number of rotatable bonds is 6. The van der Waals surface area contributed by atoms with E-state index >= 15 is 0 Å². The first-order chi connectivity index (χ1) is 12.2. The summed E-state index contributed by atoms with van der Waals surface area (Å²) in [6.45, 7) is 8.32. The molecule has 0 bridgehead atoms. The zero-order chi connectivity index (χ0) is 17.8. The van der Waals surface area contributed by atoms with Crippen molar-refractivity contribution in [1.82, 2.24) is 4.57 Å². The summed E-state index contributed by atoms with van der Waals surface area (Å²) >= 11 is 0. The van der Waals surface area contributed by atoms with E-state index in [0.717, 1.165) is 29.6 Å². The Balaban J connectivity index is 1.88. The van der Waals surface area contributed by atoms with E-state index in [1.807, 2.05) is 39.7 Å². The SMILES string of the molecule is C=Cn1c[n+](CC(=O)Nc2c(CC)cccc2CC)c2ccccc21. The minimum absolute atomic E-state index is 0.0208. The average molecular weight is 334 g/mol. The van der Waals surface area contributed by atoms with E-state index in [0.29, 0.717) is 0 Å². The van der Waals surface area contributed by atoms with Gasteiger partial charge >= 0.3 is 0 Å². The molecule has 0 radical (unpaired) electrons. The number of nitrogens with zero attached hydrogens (tertiary/aromatic N) is 2. The lowest BCUT2D eigenvalue weighted by Gasteiger charge is -2.13. The number of imidazole rings is 1. The fraction of sp³-hybridized carbons (Fsp3) is 0.238. The normalized spacial score (nSPS) is 10.8. The molecule has 1 N–H and O–H groups in total. The number of aryl methyl sites for hydroxylation is 2. The Morgan fingerprint density at radius 2 is 1.80 bits per heavy atom. The van der Waals surface area contributed by atoms with Gasteiger partial charge in [-0.2, -0.15) is 0 Å². The molecule has 0 saturated heterocycles. The summed E-state index contributed by atoms with van der Waals surface area (Å²) in [4.78, 5) is 12.7. The molecule has 0 aliphatic heterocycles. The van der Waals surface area contributed by atoms with E-state index in [9.17, 15) is 4.79 Å². The van der Waals surface area contributed by atoms with Crippen molar-refractivity contribution in [1.29, 1.82) is 0 Å². The van der Waals surface area contributed by atoms with Gasteiger partial charge in [0.25, 0.3) is 5.91 Å². The molecule has 0 unspecified atom stereocenters. The summed E-state index contributed by atoms with van der Waals surface area (Å²) in [5, 5.41) is 3.13. The second kappa shape index (κ2) is 7.34. The Labute approximate surface area is 148 Å². The molecule has 2 aromatic carbocycles. The zero-order valence-electron chi connectivity index (χ0n) is 14.8. The third-order valence-corrected chi connectivity index (χ3v) is 4.51. The smallest absolute Gasteiger partial charge is 0.266 e. The van der Waals surface area contributed by atoms with Crippen molar-refractivity contribution in [2.24, 2.45) is 0 Å². The molecular formula is C21H24N3O+. The molecule has 0 saturated carbocycles. The number of hydrogen-bond donors (Lipinski definition) is 1. The maximum absolute atomic E-state index is 12.7. The molecule has 0 aliphatic rings.